The maximum absolute atomic E-state index is 12.6. The second kappa shape index (κ2) is 6.71. The Morgan fingerprint density at radius 1 is 1.19 bits per heavy atom. The van der Waals surface area contributed by atoms with Gasteiger partial charge in [0.1, 0.15) is 6.33 Å². The van der Waals surface area contributed by atoms with Crippen molar-refractivity contribution >= 4 is 39.1 Å². The van der Waals surface area contributed by atoms with Gasteiger partial charge in [0, 0.05) is 23.3 Å². The maximum atomic E-state index is 12.6. The van der Waals surface area contributed by atoms with Gasteiger partial charge in [0.15, 0.2) is 5.16 Å². The number of hydrogen-bond donors (Lipinski definition) is 2. The van der Waals surface area contributed by atoms with E-state index in [4.69, 9.17) is 0 Å². The fourth-order valence-electron chi connectivity index (χ4n) is 2.65. The third kappa shape index (κ3) is 3.67. The lowest BCUT2D eigenvalue weighted by molar-refractivity contribution is -0.115. The summed E-state index contributed by atoms with van der Waals surface area (Å²) in [6, 6.07) is 11.6. The summed E-state index contributed by atoms with van der Waals surface area (Å²) < 4.78 is 29.6. The molecule has 0 radical (unpaired) electrons. The molecule has 0 bridgehead atoms. The highest BCUT2D eigenvalue weighted by Gasteiger charge is 2.22. The summed E-state index contributed by atoms with van der Waals surface area (Å²) >= 11 is 1.43. The Morgan fingerprint density at radius 3 is 2.67 bits per heavy atom. The Morgan fingerprint density at radius 2 is 1.96 bits per heavy atom. The molecule has 4 rings (SSSR count). The molecule has 27 heavy (non-hydrogen) atoms. The molecule has 2 heterocycles. The van der Waals surface area contributed by atoms with Crippen LogP contribution in [0.5, 0.6) is 0 Å². The predicted octanol–water partition coefficient (Wildman–Crippen LogP) is 2.26. The van der Waals surface area contributed by atoms with E-state index in [2.05, 4.69) is 20.2 Å². The summed E-state index contributed by atoms with van der Waals surface area (Å²) in [5.74, 6) is -0.136. The first-order valence-corrected chi connectivity index (χ1v) is 10.3. The van der Waals surface area contributed by atoms with Gasteiger partial charge in [0.25, 0.3) is 10.0 Å². The van der Waals surface area contributed by atoms with E-state index in [0.717, 1.165) is 10.1 Å². The number of nitrogens with one attached hydrogen (secondary N) is 2. The molecule has 8 nitrogen and oxygen atoms in total. The van der Waals surface area contributed by atoms with Crippen LogP contribution in [0.4, 0.5) is 11.4 Å². The average molecular weight is 401 g/mol. The fraction of sp³-hybridized carbons (Fsp3) is 0.118. The van der Waals surface area contributed by atoms with Crippen LogP contribution in [0.3, 0.4) is 0 Å². The molecule has 2 N–H and O–H groups in total. The largest absolute Gasteiger partial charge is 0.326 e. The highest BCUT2D eigenvalue weighted by molar-refractivity contribution is 7.99. The number of carbonyl (C=O) groups is 1. The predicted molar refractivity (Wildman–Crippen MR) is 101 cm³/mol. The van der Waals surface area contributed by atoms with E-state index in [1.54, 1.807) is 29.1 Å². The van der Waals surface area contributed by atoms with Gasteiger partial charge in [0.05, 0.1) is 11.3 Å². The van der Waals surface area contributed by atoms with Gasteiger partial charge < -0.3 is 9.88 Å². The molecule has 2 aromatic carbocycles. The molecule has 3 aromatic rings. The van der Waals surface area contributed by atoms with Crippen LogP contribution >= 0.6 is 11.8 Å². The van der Waals surface area contributed by atoms with Crippen molar-refractivity contribution < 1.29 is 13.2 Å². The van der Waals surface area contributed by atoms with Gasteiger partial charge in [-0.1, -0.05) is 0 Å². The minimum atomic E-state index is -3.74. The molecule has 1 aliphatic rings. The van der Waals surface area contributed by atoms with E-state index >= 15 is 0 Å². The van der Waals surface area contributed by atoms with Crippen molar-refractivity contribution in [2.45, 2.75) is 21.4 Å². The van der Waals surface area contributed by atoms with E-state index < -0.39 is 10.0 Å². The molecule has 0 atom stereocenters. The molecule has 138 valence electrons. The van der Waals surface area contributed by atoms with Crippen LogP contribution in [0.15, 0.2) is 63.7 Å². The molecule has 1 aliphatic heterocycles. The highest BCUT2D eigenvalue weighted by Crippen LogP contribution is 2.29. The minimum Gasteiger partial charge on any atom is -0.326 e. The molecule has 1 aromatic heterocycles. The summed E-state index contributed by atoms with van der Waals surface area (Å²) in [5.41, 5.74) is 1.79. The number of amides is 1. The van der Waals surface area contributed by atoms with Crippen LogP contribution in [0.2, 0.25) is 0 Å². The molecule has 10 heteroatoms. The number of sulfonamides is 1. The lowest BCUT2D eigenvalue weighted by atomic mass is 10.2. The maximum Gasteiger partial charge on any atom is 0.261 e. The number of hydrogen-bond acceptors (Lipinski definition) is 6. The molecular weight excluding hydrogens is 386 g/mol. The van der Waals surface area contributed by atoms with Crippen LogP contribution in [-0.4, -0.2) is 29.1 Å². The van der Waals surface area contributed by atoms with Crippen molar-refractivity contribution in [3.05, 3.63) is 54.4 Å². The van der Waals surface area contributed by atoms with Gasteiger partial charge in [-0.25, -0.2) is 8.42 Å². The molecule has 1 amide bonds. The van der Waals surface area contributed by atoms with Crippen molar-refractivity contribution in [3.63, 3.8) is 0 Å². The second-order valence-electron chi connectivity index (χ2n) is 6.00. The van der Waals surface area contributed by atoms with E-state index in [9.17, 15) is 13.2 Å². The van der Waals surface area contributed by atoms with Crippen molar-refractivity contribution in [2.75, 3.05) is 10.0 Å². The van der Waals surface area contributed by atoms with E-state index in [1.165, 1.54) is 23.9 Å². The lowest BCUT2D eigenvalue weighted by Crippen LogP contribution is -2.13. The quantitative estimate of drug-likeness (QED) is 0.679. The first-order valence-electron chi connectivity index (χ1n) is 7.98. The lowest BCUT2D eigenvalue weighted by Gasteiger charge is -2.10. The third-order valence-corrected chi connectivity index (χ3v) is 6.44. The molecule has 0 spiro atoms. The second-order valence-corrected chi connectivity index (χ2v) is 8.72. The Labute approximate surface area is 160 Å². The van der Waals surface area contributed by atoms with Gasteiger partial charge in [0.2, 0.25) is 5.91 Å². The zero-order valence-corrected chi connectivity index (χ0v) is 15.8. The van der Waals surface area contributed by atoms with Gasteiger partial charge in [-0.15, -0.1) is 10.2 Å². The van der Waals surface area contributed by atoms with E-state index in [1.807, 2.05) is 19.2 Å². The van der Waals surface area contributed by atoms with Gasteiger partial charge in [-0.05, 0) is 59.8 Å². The van der Waals surface area contributed by atoms with Gasteiger partial charge in [-0.2, -0.15) is 0 Å². The Hall–Kier alpha value is -2.85. The summed E-state index contributed by atoms with van der Waals surface area (Å²) in [6.07, 6.45) is 1.80. The van der Waals surface area contributed by atoms with Crippen LogP contribution < -0.4 is 10.0 Å². The number of rotatable bonds is 5. The molecule has 0 unspecified atom stereocenters. The first-order chi connectivity index (χ1) is 12.9. The summed E-state index contributed by atoms with van der Waals surface area (Å²) in [5, 5.41) is 11.3. The number of fused-ring (bicyclic) bond motifs is 1. The standard InChI is InChI=1S/C17H15N5O3S2/c1-22-10-18-20-17(22)26-13-4-2-12(3-5-13)21-27(24,25)14-6-7-15-11(8-14)9-16(23)19-15/h2-8,10,21H,9H2,1H3,(H,19,23). The number of anilines is 2. The summed E-state index contributed by atoms with van der Waals surface area (Å²) in [4.78, 5) is 12.5. The molecular formula is C17H15N5O3S2. The topological polar surface area (TPSA) is 106 Å². The normalized spacial score (nSPS) is 13.3. The Balaban J connectivity index is 1.50. The van der Waals surface area contributed by atoms with Crippen LogP contribution in [0.25, 0.3) is 0 Å². The number of carbonyl (C=O) groups excluding carboxylic acids is 1. The number of benzene rings is 2. The average Bonchev–Trinajstić information content (AvgIpc) is 3.20. The Kier molecular flexibility index (Phi) is 4.36. The summed E-state index contributed by atoms with van der Waals surface area (Å²) in [6.45, 7) is 0. The van der Waals surface area contributed by atoms with E-state index in [0.29, 0.717) is 16.9 Å². The molecule has 0 aliphatic carbocycles. The van der Waals surface area contributed by atoms with Crippen LogP contribution in [-0.2, 0) is 28.3 Å². The zero-order valence-electron chi connectivity index (χ0n) is 14.2. The SMILES string of the molecule is Cn1cnnc1Sc1ccc(NS(=O)(=O)c2ccc3c(c2)CC(=O)N3)cc1. The molecule has 0 saturated heterocycles. The van der Waals surface area contributed by atoms with Crippen LogP contribution in [0, 0.1) is 0 Å². The number of aromatic nitrogens is 3. The zero-order chi connectivity index (χ0) is 19.0. The molecule has 0 fully saturated rings. The fourth-order valence-corrected chi connectivity index (χ4v) is 4.52. The summed E-state index contributed by atoms with van der Waals surface area (Å²) in [7, 11) is -1.89. The highest BCUT2D eigenvalue weighted by atomic mass is 32.2. The minimum absolute atomic E-state index is 0.121. The first kappa shape index (κ1) is 17.6. The number of aryl methyl sites for hydroxylation is 1. The van der Waals surface area contributed by atoms with Gasteiger partial charge >= 0.3 is 0 Å². The smallest absolute Gasteiger partial charge is 0.261 e. The van der Waals surface area contributed by atoms with Crippen molar-refractivity contribution in [2.24, 2.45) is 7.05 Å². The third-order valence-electron chi connectivity index (χ3n) is 4.00. The van der Waals surface area contributed by atoms with Gasteiger partial charge in [-0.3, -0.25) is 9.52 Å². The monoisotopic (exact) mass is 401 g/mol. The Bertz CT molecular complexity index is 1120. The van der Waals surface area contributed by atoms with Crippen molar-refractivity contribution in [3.8, 4) is 0 Å². The van der Waals surface area contributed by atoms with Crippen molar-refractivity contribution in [1.82, 2.24) is 14.8 Å². The van der Waals surface area contributed by atoms with E-state index in [-0.39, 0.29) is 17.2 Å². The molecule has 0 saturated carbocycles. The van der Waals surface area contributed by atoms with Crippen molar-refractivity contribution in [1.29, 1.82) is 0 Å². The number of nitrogens with zero attached hydrogens (tertiary/aromatic N) is 3. The van der Waals surface area contributed by atoms with Crippen LogP contribution in [0.1, 0.15) is 5.56 Å².